The van der Waals surface area contributed by atoms with Gasteiger partial charge in [0.2, 0.25) is 0 Å². The lowest BCUT2D eigenvalue weighted by Gasteiger charge is -2.42. The Balaban J connectivity index is 1.94. The summed E-state index contributed by atoms with van der Waals surface area (Å²) in [7, 11) is 4.00. The van der Waals surface area contributed by atoms with E-state index in [4.69, 9.17) is 4.74 Å². The molecule has 5 heteroatoms. The van der Waals surface area contributed by atoms with Crippen molar-refractivity contribution in [3.63, 3.8) is 0 Å². The lowest BCUT2D eigenvalue weighted by atomic mass is 9.71. The molecular weight excluding hydrogens is 333 g/mol. The Morgan fingerprint density at radius 3 is 2.65 bits per heavy atom. The number of hydrogen-bond acceptors (Lipinski definition) is 4. The third-order valence-corrected chi connectivity index (χ3v) is 5.79. The van der Waals surface area contributed by atoms with Crippen LogP contribution in [0.5, 0.6) is 5.75 Å². The lowest BCUT2D eigenvalue weighted by molar-refractivity contribution is -0.143. The molecule has 0 heterocycles. The predicted octanol–water partition coefficient (Wildman–Crippen LogP) is 3.57. The quantitative estimate of drug-likeness (QED) is 0.656. The number of carbonyl (C=O) groups excluding carboxylic acids is 1. The van der Waals surface area contributed by atoms with Gasteiger partial charge < -0.3 is 14.7 Å². The van der Waals surface area contributed by atoms with Crippen molar-refractivity contribution in [1.29, 1.82) is 0 Å². The van der Waals surface area contributed by atoms with Crippen molar-refractivity contribution in [3.8, 4) is 5.75 Å². The van der Waals surface area contributed by atoms with E-state index >= 15 is 0 Å². The highest BCUT2D eigenvalue weighted by Gasteiger charge is 2.59. The van der Waals surface area contributed by atoms with E-state index in [0.29, 0.717) is 11.5 Å². The van der Waals surface area contributed by atoms with Gasteiger partial charge in [-0.05, 0) is 83.7 Å². The number of carbonyl (C=O) groups is 1. The molecule has 2 saturated carbocycles. The Morgan fingerprint density at radius 2 is 2.04 bits per heavy atom. The second kappa shape index (κ2) is 6.61. The number of halogens is 1. The maximum atomic E-state index is 14.3. The van der Waals surface area contributed by atoms with Crippen LogP contribution in [0.2, 0.25) is 0 Å². The number of aliphatic hydroxyl groups is 1. The van der Waals surface area contributed by atoms with Gasteiger partial charge in [0, 0.05) is 12.5 Å². The fourth-order valence-electron chi connectivity index (χ4n) is 4.25. The van der Waals surface area contributed by atoms with E-state index in [-0.39, 0.29) is 17.6 Å². The van der Waals surface area contributed by atoms with Crippen LogP contribution in [0, 0.1) is 29.0 Å². The van der Waals surface area contributed by atoms with E-state index in [1.165, 1.54) is 12.1 Å². The molecule has 4 atom stereocenters. The molecule has 0 unspecified atom stereocenters. The highest BCUT2D eigenvalue weighted by atomic mass is 19.1. The fourth-order valence-corrected chi connectivity index (χ4v) is 4.25. The largest absolute Gasteiger partial charge is 0.423 e. The first kappa shape index (κ1) is 19.3. The molecule has 1 N–H and O–H groups in total. The van der Waals surface area contributed by atoms with Crippen molar-refractivity contribution in [2.45, 2.75) is 45.6 Å². The van der Waals surface area contributed by atoms with E-state index in [1.54, 1.807) is 26.8 Å². The molecule has 2 aliphatic rings. The fraction of sp³-hybridized carbons (Fsp3) is 0.667. The maximum Gasteiger partial charge on any atom is 0.316 e. The molecule has 0 amide bonds. The Kier molecular flexibility index (Phi) is 4.91. The summed E-state index contributed by atoms with van der Waals surface area (Å²) in [6.07, 6.45) is 3.10. The smallest absolute Gasteiger partial charge is 0.316 e. The van der Waals surface area contributed by atoms with Crippen molar-refractivity contribution in [3.05, 3.63) is 29.6 Å². The summed E-state index contributed by atoms with van der Waals surface area (Å²) < 4.78 is 19.6. The van der Waals surface area contributed by atoms with Crippen LogP contribution < -0.4 is 4.74 Å². The van der Waals surface area contributed by atoms with E-state index in [9.17, 15) is 14.3 Å². The van der Waals surface area contributed by atoms with Crippen molar-refractivity contribution in [2.75, 3.05) is 20.6 Å². The Labute approximate surface area is 155 Å². The average Bonchev–Trinajstić information content (AvgIpc) is 3.31. The van der Waals surface area contributed by atoms with Crippen molar-refractivity contribution >= 4 is 5.97 Å². The number of hydrogen-bond donors (Lipinski definition) is 1. The molecule has 1 aromatic carbocycles. The summed E-state index contributed by atoms with van der Waals surface area (Å²) >= 11 is 0. The Bertz CT molecular complexity index is 697. The molecule has 3 rings (SSSR count). The minimum absolute atomic E-state index is 0.0814. The number of nitrogens with zero attached hydrogens (tertiary/aromatic N) is 1. The molecule has 26 heavy (non-hydrogen) atoms. The van der Waals surface area contributed by atoms with Gasteiger partial charge >= 0.3 is 5.97 Å². The van der Waals surface area contributed by atoms with Crippen molar-refractivity contribution < 1.29 is 19.0 Å². The molecule has 4 nitrogen and oxygen atoms in total. The van der Waals surface area contributed by atoms with Crippen molar-refractivity contribution in [1.82, 2.24) is 4.90 Å². The Hall–Kier alpha value is -1.46. The topological polar surface area (TPSA) is 49.8 Å². The molecular formula is C21H30FNO3. The SMILES string of the molecule is CN(C)C[C@H]1CC[C@@H]2C[C@@H]2[C@]1(O)c1ccc(F)c(OC(=O)C(C)(C)C)c1. The second-order valence-corrected chi connectivity index (χ2v) is 9.25. The summed E-state index contributed by atoms with van der Waals surface area (Å²) in [6.45, 7) is 5.96. The van der Waals surface area contributed by atoms with Crippen LogP contribution >= 0.6 is 0 Å². The van der Waals surface area contributed by atoms with Crippen LogP contribution in [0.1, 0.15) is 45.6 Å². The van der Waals surface area contributed by atoms with Crippen LogP contribution in [0.25, 0.3) is 0 Å². The van der Waals surface area contributed by atoms with Gasteiger partial charge in [-0.1, -0.05) is 6.07 Å². The van der Waals surface area contributed by atoms with Crippen LogP contribution in [0.15, 0.2) is 18.2 Å². The van der Waals surface area contributed by atoms with Gasteiger partial charge in [-0.15, -0.1) is 0 Å². The third-order valence-electron chi connectivity index (χ3n) is 5.79. The number of ether oxygens (including phenoxy) is 1. The van der Waals surface area contributed by atoms with Gasteiger partial charge in [-0.25, -0.2) is 4.39 Å². The minimum Gasteiger partial charge on any atom is -0.423 e. The average molecular weight is 363 g/mol. The highest BCUT2D eigenvalue weighted by Crippen LogP contribution is 2.61. The van der Waals surface area contributed by atoms with E-state index in [0.717, 1.165) is 25.8 Å². The molecule has 2 aliphatic carbocycles. The standard InChI is InChI=1S/C21H30FNO3/c1-20(2,3)19(24)26-18-11-14(8-9-17(18)22)21(25)15(12-23(4)5)7-6-13-10-16(13)21/h8-9,11,13,15-16,25H,6-7,10,12H2,1-5H3/t13-,15-,16+,21+/m1/s1. The molecule has 144 valence electrons. The molecule has 0 spiro atoms. The van der Waals surface area contributed by atoms with Gasteiger partial charge in [0.1, 0.15) is 0 Å². The summed E-state index contributed by atoms with van der Waals surface area (Å²) in [5.74, 6) is -0.331. The normalized spacial score (nSPS) is 30.8. The number of rotatable bonds is 4. The highest BCUT2D eigenvalue weighted by molar-refractivity contribution is 5.78. The zero-order valence-corrected chi connectivity index (χ0v) is 16.4. The monoisotopic (exact) mass is 363 g/mol. The molecule has 0 bridgehead atoms. The summed E-state index contributed by atoms with van der Waals surface area (Å²) in [6, 6.07) is 4.48. The first-order valence-corrected chi connectivity index (χ1v) is 9.43. The Morgan fingerprint density at radius 1 is 1.35 bits per heavy atom. The van der Waals surface area contributed by atoms with Gasteiger partial charge in [-0.3, -0.25) is 4.79 Å². The summed E-state index contributed by atoms with van der Waals surface area (Å²) in [4.78, 5) is 14.3. The first-order chi connectivity index (χ1) is 12.0. The molecule has 0 radical (unpaired) electrons. The molecule has 0 saturated heterocycles. The zero-order chi connectivity index (χ0) is 19.3. The number of fused-ring (bicyclic) bond motifs is 1. The van der Waals surface area contributed by atoms with Crippen LogP contribution in [-0.2, 0) is 10.4 Å². The number of benzene rings is 1. The summed E-state index contributed by atoms with van der Waals surface area (Å²) in [5.41, 5.74) is -1.06. The van der Waals surface area contributed by atoms with Crippen molar-refractivity contribution in [2.24, 2.45) is 23.2 Å². The van der Waals surface area contributed by atoms with Crippen LogP contribution in [-0.4, -0.2) is 36.6 Å². The van der Waals surface area contributed by atoms with Gasteiger partial charge in [0.15, 0.2) is 11.6 Å². The zero-order valence-electron chi connectivity index (χ0n) is 16.4. The number of esters is 1. The van der Waals surface area contributed by atoms with Gasteiger partial charge in [0.25, 0.3) is 0 Å². The second-order valence-electron chi connectivity index (χ2n) is 9.25. The molecule has 0 aromatic heterocycles. The van der Waals surface area contributed by atoms with Crippen LogP contribution in [0.3, 0.4) is 0 Å². The van der Waals surface area contributed by atoms with Crippen LogP contribution in [0.4, 0.5) is 4.39 Å². The summed E-state index contributed by atoms with van der Waals surface area (Å²) in [5, 5.41) is 11.7. The van der Waals surface area contributed by atoms with Gasteiger partial charge in [0.05, 0.1) is 11.0 Å². The lowest BCUT2D eigenvalue weighted by Crippen LogP contribution is -2.45. The first-order valence-electron chi connectivity index (χ1n) is 9.43. The van der Waals surface area contributed by atoms with E-state index in [2.05, 4.69) is 4.90 Å². The third kappa shape index (κ3) is 3.52. The van der Waals surface area contributed by atoms with Gasteiger partial charge in [-0.2, -0.15) is 0 Å². The predicted molar refractivity (Wildman–Crippen MR) is 98.3 cm³/mol. The molecule has 2 fully saturated rings. The molecule has 0 aliphatic heterocycles. The molecule has 1 aromatic rings. The van der Waals surface area contributed by atoms with E-state index < -0.39 is 22.8 Å². The minimum atomic E-state index is -0.996. The van der Waals surface area contributed by atoms with E-state index in [1.807, 2.05) is 14.1 Å². The maximum absolute atomic E-state index is 14.3.